The van der Waals surface area contributed by atoms with Gasteiger partial charge in [0.2, 0.25) is 0 Å². The van der Waals surface area contributed by atoms with E-state index in [-0.39, 0.29) is 0 Å². The van der Waals surface area contributed by atoms with E-state index in [1.54, 1.807) is 0 Å². The zero-order valence-electron chi connectivity index (χ0n) is 15.2. The first-order chi connectivity index (χ1) is 12.4. The van der Waals surface area contributed by atoms with Gasteiger partial charge >= 0.3 is 0 Å². The first kappa shape index (κ1) is 18.1. The summed E-state index contributed by atoms with van der Waals surface area (Å²) in [5, 5.41) is 7.06. The Labute approximate surface area is 152 Å². The second-order valence-corrected chi connectivity index (χ2v) is 6.86. The molecule has 0 saturated carbocycles. The minimum absolute atomic E-state index is 0.475. The normalized spacial score (nSPS) is 15.6. The third-order valence-corrected chi connectivity index (χ3v) is 5.05. The van der Waals surface area contributed by atoms with Crippen molar-refractivity contribution in [3.63, 3.8) is 0 Å². The van der Waals surface area contributed by atoms with Crippen molar-refractivity contribution in [3.8, 4) is 0 Å². The molecule has 1 fully saturated rings. The average Bonchev–Trinajstić information content (AvgIpc) is 2.69. The van der Waals surface area contributed by atoms with Crippen LogP contribution in [0.25, 0.3) is 0 Å². The summed E-state index contributed by atoms with van der Waals surface area (Å²) >= 11 is 0. The minimum atomic E-state index is 0.475. The fourth-order valence-electron chi connectivity index (χ4n) is 3.63. The highest BCUT2D eigenvalue weighted by Gasteiger charge is 2.13. The molecule has 0 radical (unpaired) electrons. The van der Waals surface area contributed by atoms with Crippen molar-refractivity contribution < 1.29 is 0 Å². The van der Waals surface area contributed by atoms with Gasteiger partial charge < -0.3 is 15.5 Å². The molecule has 1 aliphatic heterocycles. The lowest BCUT2D eigenvalue weighted by molar-refractivity contribution is 0.237. The average molecular weight is 338 g/mol. The van der Waals surface area contributed by atoms with E-state index in [0.29, 0.717) is 5.92 Å². The summed E-state index contributed by atoms with van der Waals surface area (Å²) in [6.07, 6.45) is 2.38. The highest BCUT2D eigenvalue weighted by Crippen LogP contribution is 2.27. The Morgan fingerprint density at radius 1 is 0.840 bits per heavy atom. The molecule has 0 aromatic heterocycles. The van der Waals surface area contributed by atoms with Crippen molar-refractivity contribution in [3.05, 3.63) is 71.8 Å². The van der Waals surface area contributed by atoms with Crippen LogP contribution in [0.4, 0.5) is 0 Å². The van der Waals surface area contributed by atoms with Gasteiger partial charge in [-0.1, -0.05) is 60.7 Å². The molecule has 134 valence electrons. The maximum Gasteiger partial charge on any atom is 0.0107 e. The van der Waals surface area contributed by atoms with Gasteiger partial charge in [0.05, 0.1) is 0 Å². The summed E-state index contributed by atoms with van der Waals surface area (Å²) in [6, 6.07) is 21.8. The number of hydrogen-bond acceptors (Lipinski definition) is 3. The monoisotopic (exact) mass is 337 g/mol. The van der Waals surface area contributed by atoms with Crippen LogP contribution in [0, 0.1) is 0 Å². The second-order valence-electron chi connectivity index (χ2n) is 6.86. The van der Waals surface area contributed by atoms with Crippen LogP contribution in [0.1, 0.15) is 29.9 Å². The first-order valence-corrected chi connectivity index (χ1v) is 9.67. The summed E-state index contributed by atoms with van der Waals surface area (Å²) in [5.41, 5.74) is 2.83. The first-order valence-electron chi connectivity index (χ1n) is 9.67. The molecule has 0 spiro atoms. The number of nitrogens with zero attached hydrogens (tertiary/aromatic N) is 1. The molecule has 2 aromatic rings. The Balaban J connectivity index is 1.43. The van der Waals surface area contributed by atoms with E-state index in [4.69, 9.17) is 0 Å². The molecule has 0 atom stereocenters. The van der Waals surface area contributed by atoms with Crippen molar-refractivity contribution in [2.45, 2.75) is 18.8 Å². The number of nitrogens with one attached hydrogen (secondary N) is 2. The molecule has 25 heavy (non-hydrogen) atoms. The highest BCUT2D eigenvalue weighted by molar-refractivity contribution is 5.32. The minimum Gasteiger partial charge on any atom is -0.317 e. The molecule has 2 aromatic carbocycles. The Morgan fingerprint density at radius 3 is 2.04 bits per heavy atom. The number of rotatable bonds is 9. The fraction of sp³-hybridized carbons (Fsp3) is 0.455. The molecule has 2 N–H and O–H groups in total. The summed E-state index contributed by atoms with van der Waals surface area (Å²) in [7, 11) is 0. The highest BCUT2D eigenvalue weighted by atomic mass is 15.2. The molecule has 3 nitrogen and oxygen atoms in total. The van der Waals surface area contributed by atoms with Crippen LogP contribution in [0.3, 0.4) is 0 Å². The van der Waals surface area contributed by atoms with Crippen molar-refractivity contribution >= 4 is 0 Å². The molecule has 0 bridgehead atoms. The molecule has 1 saturated heterocycles. The van der Waals surface area contributed by atoms with Crippen molar-refractivity contribution in [1.29, 1.82) is 0 Å². The van der Waals surface area contributed by atoms with Crippen LogP contribution >= 0.6 is 0 Å². The maximum absolute atomic E-state index is 3.65. The van der Waals surface area contributed by atoms with Gasteiger partial charge in [-0.25, -0.2) is 0 Å². The van der Waals surface area contributed by atoms with Gasteiger partial charge in [-0.05, 0) is 43.6 Å². The van der Waals surface area contributed by atoms with Gasteiger partial charge in [-0.3, -0.25) is 0 Å². The van der Waals surface area contributed by atoms with Gasteiger partial charge in [0.15, 0.2) is 0 Å². The van der Waals surface area contributed by atoms with Crippen LogP contribution in [0.5, 0.6) is 0 Å². The Bertz CT molecular complexity index is 539. The third-order valence-electron chi connectivity index (χ3n) is 5.05. The topological polar surface area (TPSA) is 27.3 Å². The van der Waals surface area contributed by atoms with Gasteiger partial charge in [0, 0.05) is 32.1 Å². The standard InChI is InChI=1S/C22H31N3/c1-3-8-20(9-4-1)22(21-10-5-2-6-11-21)12-14-23-13-7-17-25-18-15-24-16-19-25/h1-6,8-11,22-24H,7,12-19H2. The zero-order chi connectivity index (χ0) is 17.2. The Kier molecular flexibility index (Phi) is 7.50. The maximum atomic E-state index is 3.65. The fourth-order valence-corrected chi connectivity index (χ4v) is 3.63. The Hall–Kier alpha value is -1.68. The third kappa shape index (κ3) is 5.96. The quantitative estimate of drug-likeness (QED) is 0.689. The molecular weight excluding hydrogens is 306 g/mol. The van der Waals surface area contributed by atoms with Crippen LogP contribution in [0.15, 0.2) is 60.7 Å². The molecular formula is C22H31N3. The molecule has 3 heteroatoms. The summed E-state index contributed by atoms with van der Waals surface area (Å²) in [5.74, 6) is 0.475. The number of benzene rings is 2. The molecule has 1 aliphatic rings. The van der Waals surface area contributed by atoms with Crippen molar-refractivity contribution in [2.75, 3.05) is 45.8 Å². The van der Waals surface area contributed by atoms with Crippen LogP contribution in [0.2, 0.25) is 0 Å². The van der Waals surface area contributed by atoms with Gasteiger partial charge in [0.1, 0.15) is 0 Å². The van der Waals surface area contributed by atoms with Crippen LogP contribution in [-0.2, 0) is 0 Å². The summed E-state index contributed by atoms with van der Waals surface area (Å²) in [6.45, 7) is 8.08. The van der Waals surface area contributed by atoms with Crippen LogP contribution in [-0.4, -0.2) is 50.7 Å². The van der Waals surface area contributed by atoms with E-state index in [2.05, 4.69) is 76.2 Å². The largest absolute Gasteiger partial charge is 0.317 e. The summed E-state index contributed by atoms with van der Waals surface area (Å²) in [4.78, 5) is 2.56. The number of piperazine rings is 1. The lowest BCUT2D eigenvalue weighted by Crippen LogP contribution is -2.44. The Morgan fingerprint density at radius 2 is 1.44 bits per heavy atom. The summed E-state index contributed by atoms with van der Waals surface area (Å²) < 4.78 is 0. The molecule has 0 unspecified atom stereocenters. The smallest absolute Gasteiger partial charge is 0.0107 e. The van der Waals surface area contributed by atoms with Crippen molar-refractivity contribution in [2.24, 2.45) is 0 Å². The predicted octanol–water partition coefficient (Wildman–Crippen LogP) is 3.09. The SMILES string of the molecule is c1ccc(C(CCNCCCN2CCNCC2)c2ccccc2)cc1. The molecule has 3 rings (SSSR count). The molecule has 0 amide bonds. The molecule has 0 aliphatic carbocycles. The van der Waals surface area contributed by atoms with E-state index >= 15 is 0 Å². The van der Waals surface area contributed by atoms with Gasteiger partial charge in [0.25, 0.3) is 0 Å². The van der Waals surface area contributed by atoms with E-state index < -0.39 is 0 Å². The van der Waals surface area contributed by atoms with E-state index in [1.807, 2.05) is 0 Å². The van der Waals surface area contributed by atoms with Gasteiger partial charge in [-0.2, -0.15) is 0 Å². The van der Waals surface area contributed by atoms with Crippen molar-refractivity contribution in [1.82, 2.24) is 15.5 Å². The molecule has 1 heterocycles. The lowest BCUT2D eigenvalue weighted by atomic mass is 9.88. The second kappa shape index (κ2) is 10.3. The van der Waals surface area contributed by atoms with Gasteiger partial charge in [-0.15, -0.1) is 0 Å². The predicted molar refractivity (Wildman–Crippen MR) is 106 cm³/mol. The van der Waals surface area contributed by atoms with E-state index in [1.165, 1.54) is 37.2 Å². The van der Waals surface area contributed by atoms with E-state index in [0.717, 1.165) is 32.6 Å². The van der Waals surface area contributed by atoms with E-state index in [9.17, 15) is 0 Å². The number of hydrogen-bond donors (Lipinski definition) is 2. The zero-order valence-corrected chi connectivity index (χ0v) is 15.2. The lowest BCUT2D eigenvalue weighted by Gasteiger charge is -2.27. The van der Waals surface area contributed by atoms with Crippen LogP contribution < -0.4 is 10.6 Å².